The van der Waals surface area contributed by atoms with Crippen molar-refractivity contribution in [3.8, 4) is 0 Å². The molecule has 2 fully saturated rings. The average molecular weight is 383 g/mol. The molecule has 0 saturated carbocycles. The number of carbonyl (C=O) groups excluding carboxylic acids is 3. The number of rotatable bonds is 3. The number of hydrogen-bond donors (Lipinski definition) is 0. The highest BCUT2D eigenvalue weighted by molar-refractivity contribution is 5.92. The highest BCUT2D eigenvalue weighted by Crippen LogP contribution is 2.27. The maximum atomic E-state index is 12.8. The van der Waals surface area contributed by atoms with Crippen molar-refractivity contribution in [3.63, 3.8) is 0 Å². The summed E-state index contributed by atoms with van der Waals surface area (Å²) < 4.78 is 0. The lowest BCUT2D eigenvalue weighted by Gasteiger charge is -2.36. The second-order valence-corrected chi connectivity index (χ2v) is 8.47. The van der Waals surface area contributed by atoms with Crippen LogP contribution in [0.15, 0.2) is 36.4 Å². The monoisotopic (exact) mass is 383 g/mol. The van der Waals surface area contributed by atoms with Crippen molar-refractivity contribution in [1.29, 1.82) is 0 Å². The molecule has 6 heteroatoms. The Kier molecular flexibility index (Phi) is 5.87. The van der Waals surface area contributed by atoms with Crippen LogP contribution in [0.4, 0.5) is 0 Å². The fourth-order valence-electron chi connectivity index (χ4n) is 3.76. The minimum absolute atomic E-state index is 0.0343. The molecule has 2 heterocycles. The third-order valence-corrected chi connectivity index (χ3v) is 5.40. The Hall–Kier alpha value is -2.63. The maximum Gasteiger partial charge on any atom is 0.246 e. The summed E-state index contributed by atoms with van der Waals surface area (Å²) in [6.45, 7) is 8.54. The van der Waals surface area contributed by atoms with Crippen molar-refractivity contribution in [2.75, 3.05) is 32.7 Å². The molecule has 6 nitrogen and oxygen atoms in total. The van der Waals surface area contributed by atoms with E-state index in [4.69, 9.17) is 0 Å². The first-order valence-electron chi connectivity index (χ1n) is 9.87. The van der Waals surface area contributed by atoms with E-state index in [1.165, 1.54) is 0 Å². The molecule has 0 aromatic heterocycles. The number of hydrogen-bond acceptors (Lipinski definition) is 3. The van der Waals surface area contributed by atoms with Gasteiger partial charge in [-0.2, -0.15) is 0 Å². The largest absolute Gasteiger partial charge is 0.339 e. The van der Waals surface area contributed by atoms with Crippen LogP contribution in [0.1, 0.15) is 32.8 Å². The normalized spacial score (nSPS) is 20.9. The Balaban J connectivity index is 1.51. The molecule has 1 aromatic carbocycles. The average Bonchev–Trinajstić information content (AvgIpc) is 3.08. The molecule has 1 unspecified atom stereocenters. The molecule has 1 aromatic rings. The number of piperazine rings is 1. The highest BCUT2D eigenvalue weighted by atomic mass is 16.2. The minimum atomic E-state index is -0.271. The number of likely N-dealkylation sites (tertiary alicyclic amines) is 1. The summed E-state index contributed by atoms with van der Waals surface area (Å²) in [5.74, 6) is -0.226. The number of benzene rings is 1. The van der Waals surface area contributed by atoms with Crippen molar-refractivity contribution >= 4 is 23.8 Å². The van der Waals surface area contributed by atoms with Crippen LogP contribution in [0.2, 0.25) is 0 Å². The van der Waals surface area contributed by atoms with Crippen LogP contribution in [0, 0.1) is 5.92 Å². The molecule has 2 aliphatic rings. The summed E-state index contributed by atoms with van der Waals surface area (Å²) in [7, 11) is 0. The summed E-state index contributed by atoms with van der Waals surface area (Å²) in [6, 6.07) is 9.70. The van der Waals surface area contributed by atoms with E-state index >= 15 is 0 Å². The quantitative estimate of drug-likeness (QED) is 0.751. The first-order chi connectivity index (χ1) is 13.3. The van der Waals surface area contributed by atoms with Gasteiger partial charge in [0.15, 0.2) is 0 Å². The van der Waals surface area contributed by atoms with Gasteiger partial charge in [0.2, 0.25) is 17.7 Å². The molecule has 0 aliphatic carbocycles. The fourth-order valence-corrected chi connectivity index (χ4v) is 3.76. The standard InChI is InChI=1S/C22H29N3O3/c1-22(2,3)25-16-18(15-20(25)27)21(28)24-13-11-23(12-14-24)19(26)10-9-17-7-5-4-6-8-17/h4-10,18H,11-16H2,1-3H3/b10-9+. The van der Waals surface area contributed by atoms with Crippen molar-refractivity contribution < 1.29 is 14.4 Å². The molecule has 28 heavy (non-hydrogen) atoms. The Morgan fingerprint density at radius 2 is 1.61 bits per heavy atom. The van der Waals surface area contributed by atoms with E-state index < -0.39 is 0 Å². The van der Waals surface area contributed by atoms with Crippen LogP contribution in [0.5, 0.6) is 0 Å². The van der Waals surface area contributed by atoms with Gasteiger partial charge in [-0.25, -0.2) is 0 Å². The molecule has 0 spiro atoms. The Labute approximate surface area is 166 Å². The second kappa shape index (κ2) is 8.17. The summed E-state index contributed by atoms with van der Waals surface area (Å²) >= 11 is 0. The van der Waals surface area contributed by atoms with E-state index in [9.17, 15) is 14.4 Å². The van der Waals surface area contributed by atoms with Crippen LogP contribution in [0.25, 0.3) is 6.08 Å². The highest BCUT2D eigenvalue weighted by Gasteiger charge is 2.41. The van der Waals surface area contributed by atoms with E-state index in [2.05, 4.69) is 0 Å². The number of amides is 3. The van der Waals surface area contributed by atoms with Crippen LogP contribution in [-0.4, -0.2) is 70.7 Å². The van der Waals surface area contributed by atoms with E-state index in [1.54, 1.807) is 20.8 Å². The van der Waals surface area contributed by atoms with Crippen LogP contribution < -0.4 is 0 Å². The van der Waals surface area contributed by atoms with E-state index in [1.807, 2.05) is 57.2 Å². The van der Waals surface area contributed by atoms with E-state index in [0.29, 0.717) is 32.7 Å². The predicted octanol–water partition coefficient (Wildman–Crippen LogP) is 2.02. The Morgan fingerprint density at radius 3 is 2.18 bits per heavy atom. The van der Waals surface area contributed by atoms with Gasteiger partial charge in [-0.05, 0) is 32.4 Å². The van der Waals surface area contributed by atoms with Crippen LogP contribution in [-0.2, 0) is 14.4 Å². The van der Waals surface area contributed by atoms with Gasteiger partial charge in [-0.15, -0.1) is 0 Å². The second-order valence-electron chi connectivity index (χ2n) is 8.47. The molecule has 1 atom stereocenters. The van der Waals surface area contributed by atoms with Crippen LogP contribution >= 0.6 is 0 Å². The molecule has 0 N–H and O–H groups in total. The molecular formula is C22H29N3O3. The summed E-state index contributed by atoms with van der Waals surface area (Å²) in [6.07, 6.45) is 3.68. The molecule has 2 saturated heterocycles. The van der Waals surface area contributed by atoms with Gasteiger partial charge in [0.25, 0.3) is 0 Å². The molecule has 150 valence electrons. The lowest BCUT2D eigenvalue weighted by molar-refractivity contribution is -0.140. The summed E-state index contributed by atoms with van der Waals surface area (Å²) in [4.78, 5) is 42.8. The van der Waals surface area contributed by atoms with Gasteiger partial charge < -0.3 is 14.7 Å². The van der Waals surface area contributed by atoms with Crippen molar-refractivity contribution in [2.24, 2.45) is 5.92 Å². The molecule has 0 bridgehead atoms. The van der Waals surface area contributed by atoms with Gasteiger partial charge >= 0.3 is 0 Å². The van der Waals surface area contributed by atoms with Gasteiger partial charge in [-0.1, -0.05) is 30.3 Å². The van der Waals surface area contributed by atoms with Gasteiger partial charge in [0.05, 0.1) is 5.92 Å². The third-order valence-electron chi connectivity index (χ3n) is 5.40. The number of nitrogens with zero attached hydrogens (tertiary/aromatic N) is 3. The number of carbonyl (C=O) groups is 3. The van der Waals surface area contributed by atoms with Crippen molar-refractivity contribution in [1.82, 2.24) is 14.7 Å². The van der Waals surface area contributed by atoms with E-state index in [-0.39, 0.29) is 35.6 Å². The van der Waals surface area contributed by atoms with Crippen LogP contribution in [0.3, 0.4) is 0 Å². The molecular weight excluding hydrogens is 354 g/mol. The van der Waals surface area contributed by atoms with Crippen molar-refractivity contribution in [2.45, 2.75) is 32.7 Å². The Morgan fingerprint density at radius 1 is 1.00 bits per heavy atom. The molecule has 0 radical (unpaired) electrons. The lowest BCUT2D eigenvalue weighted by Crippen LogP contribution is -2.52. The fraction of sp³-hybridized carbons (Fsp3) is 0.500. The first-order valence-corrected chi connectivity index (χ1v) is 9.87. The lowest BCUT2D eigenvalue weighted by atomic mass is 10.1. The summed E-state index contributed by atoms with van der Waals surface area (Å²) in [5, 5.41) is 0. The van der Waals surface area contributed by atoms with Gasteiger partial charge in [-0.3, -0.25) is 14.4 Å². The van der Waals surface area contributed by atoms with Gasteiger partial charge in [0, 0.05) is 50.8 Å². The molecule has 3 rings (SSSR count). The van der Waals surface area contributed by atoms with Gasteiger partial charge in [0.1, 0.15) is 0 Å². The zero-order valence-corrected chi connectivity index (χ0v) is 16.9. The maximum absolute atomic E-state index is 12.8. The SMILES string of the molecule is CC(C)(C)N1CC(C(=O)N2CCN(C(=O)/C=C/c3ccccc3)CC2)CC1=O. The molecule has 3 amide bonds. The van der Waals surface area contributed by atoms with E-state index in [0.717, 1.165) is 5.56 Å². The first kappa shape index (κ1) is 20.1. The zero-order valence-electron chi connectivity index (χ0n) is 16.9. The zero-order chi connectivity index (χ0) is 20.3. The smallest absolute Gasteiger partial charge is 0.246 e. The summed E-state index contributed by atoms with van der Waals surface area (Å²) in [5.41, 5.74) is 0.724. The third kappa shape index (κ3) is 4.61. The Bertz CT molecular complexity index is 759. The predicted molar refractivity (Wildman–Crippen MR) is 108 cm³/mol. The minimum Gasteiger partial charge on any atom is -0.339 e. The molecule has 2 aliphatic heterocycles. The topological polar surface area (TPSA) is 60.9 Å². The van der Waals surface area contributed by atoms with Crippen molar-refractivity contribution in [3.05, 3.63) is 42.0 Å².